The summed E-state index contributed by atoms with van der Waals surface area (Å²) in [5.41, 5.74) is 0.464. The zero-order valence-electron chi connectivity index (χ0n) is 9.64. The molecule has 0 aliphatic heterocycles. The number of benzene rings is 1. The molecule has 3 aromatic rings. The van der Waals surface area contributed by atoms with Gasteiger partial charge in [0, 0.05) is 23.9 Å². The fourth-order valence-corrected chi connectivity index (χ4v) is 1.86. The quantitative estimate of drug-likeness (QED) is 0.525. The fraction of sp³-hybridized carbons (Fsp3) is 0.154. The van der Waals surface area contributed by atoms with Gasteiger partial charge in [-0.2, -0.15) is 0 Å². The van der Waals surface area contributed by atoms with Crippen LogP contribution in [-0.2, 0) is 4.74 Å². The van der Waals surface area contributed by atoms with E-state index >= 15 is 0 Å². The van der Waals surface area contributed by atoms with Crippen LogP contribution in [0.4, 0.5) is 0 Å². The van der Waals surface area contributed by atoms with Gasteiger partial charge in [0.2, 0.25) is 5.75 Å². The Morgan fingerprint density at radius 3 is 2.83 bits per heavy atom. The van der Waals surface area contributed by atoms with Crippen LogP contribution in [0, 0.1) is 0 Å². The molecule has 5 heteroatoms. The van der Waals surface area contributed by atoms with Crippen molar-refractivity contribution < 1.29 is 18.3 Å². The van der Waals surface area contributed by atoms with Crippen molar-refractivity contribution in [2.75, 3.05) is 13.9 Å². The highest BCUT2D eigenvalue weighted by Gasteiger charge is 2.14. The van der Waals surface area contributed by atoms with Gasteiger partial charge in [0.25, 0.3) is 0 Å². The molecule has 92 valence electrons. The molecule has 0 radical (unpaired) electrons. The van der Waals surface area contributed by atoms with E-state index in [1.165, 1.54) is 13.2 Å². The normalized spacial score (nSPS) is 11.2. The van der Waals surface area contributed by atoms with E-state index in [0.717, 1.165) is 10.8 Å². The van der Waals surface area contributed by atoms with Crippen molar-refractivity contribution >= 4 is 21.9 Å². The number of hydrogen-bond donors (Lipinski definition) is 0. The van der Waals surface area contributed by atoms with Gasteiger partial charge >= 0.3 is 5.63 Å². The topological polar surface area (TPSA) is 61.8 Å². The van der Waals surface area contributed by atoms with Gasteiger partial charge in [-0.15, -0.1) is 0 Å². The average Bonchev–Trinajstić information content (AvgIpc) is 2.82. The Kier molecular flexibility index (Phi) is 2.53. The molecule has 2 aromatic heterocycles. The number of rotatable bonds is 3. The van der Waals surface area contributed by atoms with Crippen LogP contribution in [-0.4, -0.2) is 13.9 Å². The van der Waals surface area contributed by atoms with Crippen LogP contribution in [0.5, 0.6) is 5.75 Å². The molecule has 0 aliphatic carbocycles. The van der Waals surface area contributed by atoms with Gasteiger partial charge in [0.1, 0.15) is 0 Å². The Morgan fingerprint density at radius 1 is 1.17 bits per heavy atom. The second-order valence-corrected chi connectivity index (χ2v) is 3.77. The second-order valence-electron chi connectivity index (χ2n) is 3.77. The van der Waals surface area contributed by atoms with Crippen LogP contribution in [0.25, 0.3) is 21.9 Å². The maximum Gasteiger partial charge on any atom is 0.336 e. The van der Waals surface area contributed by atoms with Gasteiger partial charge in [-0.25, -0.2) is 4.79 Å². The highest BCUT2D eigenvalue weighted by atomic mass is 16.7. The SMILES string of the molecule is COCOc1c2occc2cc2ccc(=O)oc12. The lowest BCUT2D eigenvalue weighted by molar-refractivity contribution is 0.0518. The molecule has 0 saturated carbocycles. The molecule has 3 rings (SSSR count). The molecule has 2 heterocycles. The van der Waals surface area contributed by atoms with E-state index in [-0.39, 0.29) is 6.79 Å². The van der Waals surface area contributed by atoms with E-state index in [4.69, 9.17) is 18.3 Å². The summed E-state index contributed by atoms with van der Waals surface area (Å²) in [4.78, 5) is 11.3. The molecule has 0 aliphatic rings. The Hall–Kier alpha value is -2.27. The Morgan fingerprint density at radius 2 is 2.00 bits per heavy atom. The van der Waals surface area contributed by atoms with Crippen molar-refractivity contribution in [3.05, 3.63) is 40.9 Å². The van der Waals surface area contributed by atoms with Crippen LogP contribution in [0.15, 0.2) is 44.2 Å². The lowest BCUT2D eigenvalue weighted by Gasteiger charge is -2.07. The maximum absolute atomic E-state index is 11.3. The largest absolute Gasteiger partial charge is 0.460 e. The third-order valence-corrected chi connectivity index (χ3v) is 2.60. The third-order valence-electron chi connectivity index (χ3n) is 2.60. The van der Waals surface area contributed by atoms with E-state index in [2.05, 4.69) is 0 Å². The summed E-state index contributed by atoms with van der Waals surface area (Å²) < 4.78 is 20.8. The minimum Gasteiger partial charge on any atom is -0.460 e. The first-order chi connectivity index (χ1) is 8.79. The zero-order valence-corrected chi connectivity index (χ0v) is 9.64. The zero-order chi connectivity index (χ0) is 12.5. The Bertz CT molecular complexity index is 753. The Labute approximate surface area is 102 Å². The van der Waals surface area contributed by atoms with Crippen LogP contribution in [0.3, 0.4) is 0 Å². The highest BCUT2D eigenvalue weighted by molar-refractivity contribution is 5.99. The number of methoxy groups -OCH3 is 1. The van der Waals surface area contributed by atoms with Crippen LogP contribution in [0.1, 0.15) is 0 Å². The molecule has 0 spiro atoms. The van der Waals surface area contributed by atoms with Gasteiger partial charge in [-0.05, 0) is 18.2 Å². The summed E-state index contributed by atoms with van der Waals surface area (Å²) in [5.74, 6) is 0.382. The summed E-state index contributed by atoms with van der Waals surface area (Å²) in [6, 6.07) is 6.75. The molecule has 1 aromatic carbocycles. The number of ether oxygens (including phenoxy) is 2. The van der Waals surface area contributed by atoms with Gasteiger partial charge in [0.05, 0.1) is 6.26 Å². The molecule has 0 bridgehead atoms. The lowest BCUT2D eigenvalue weighted by atomic mass is 10.1. The van der Waals surface area contributed by atoms with E-state index in [1.54, 1.807) is 12.3 Å². The average molecular weight is 246 g/mol. The number of fused-ring (bicyclic) bond motifs is 2. The van der Waals surface area contributed by atoms with E-state index in [0.29, 0.717) is 16.9 Å². The first-order valence-electron chi connectivity index (χ1n) is 5.35. The first kappa shape index (κ1) is 10.9. The maximum atomic E-state index is 11.3. The predicted molar refractivity (Wildman–Crippen MR) is 64.8 cm³/mol. The summed E-state index contributed by atoms with van der Waals surface area (Å²) in [5, 5.41) is 1.65. The second kappa shape index (κ2) is 4.19. The predicted octanol–water partition coefficient (Wildman–Crippen LogP) is 2.52. The molecule has 0 fully saturated rings. The van der Waals surface area contributed by atoms with Crippen molar-refractivity contribution in [2.24, 2.45) is 0 Å². The molecule has 0 N–H and O–H groups in total. The van der Waals surface area contributed by atoms with Crippen molar-refractivity contribution in [3.63, 3.8) is 0 Å². The molecule has 18 heavy (non-hydrogen) atoms. The van der Waals surface area contributed by atoms with Crippen molar-refractivity contribution in [1.82, 2.24) is 0 Å². The van der Waals surface area contributed by atoms with Crippen LogP contribution in [0.2, 0.25) is 0 Å². The highest BCUT2D eigenvalue weighted by Crippen LogP contribution is 2.34. The summed E-state index contributed by atoms with van der Waals surface area (Å²) in [7, 11) is 1.51. The number of furan rings is 1. The molecular weight excluding hydrogens is 236 g/mol. The third kappa shape index (κ3) is 1.65. The molecule has 0 unspecified atom stereocenters. The van der Waals surface area contributed by atoms with Gasteiger partial charge in [-0.1, -0.05) is 0 Å². The minimum absolute atomic E-state index is 0.0491. The summed E-state index contributed by atoms with van der Waals surface area (Å²) in [6.07, 6.45) is 1.56. The van der Waals surface area contributed by atoms with Crippen molar-refractivity contribution in [2.45, 2.75) is 0 Å². The first-order valence-corrected chi connectivity index (χ1v) is 5.35. The van der Waals surface area contributed by atoms with E-state index < -0.39 is 5.63 Å². The fourth-order valence-electron chi connectivity index (χ4n) is 1.86. The molecule has 0 amide bonds. The summed E-state index contributed by atoms with van der Waals surface area (Å²) in [6.45, 7) is 0.0491. The van der Waals surface area contributed by atoms with Crippen LogP contribution >= 0.6 is 0 Å². The molecule has 5 nitrogen and oxygen atoms in total. The molecule has 0 atom stereocenters. The smallest absolute Gasteiger partial charge is 0.336 e. The van der Waals surface area contributed by atoms with Crippen LogP contribution < -0.4 is 10.4 Å². The van der Waals surface area contributed by atoms with Crippen molar-refractivity contribution in [1.29, 1.82) is 0 Å². The lowest BCUT2D eigenvalue weighted by Crippen LogP contribution is -2.01. The van der Waals surface area contributed by atoms with E-state index in [9.17, 15) is 4.79 Å². The van der Waals surface area contributed by atoms with E-state index in [1.807, 2.05) is 12.1 Å². The molecular formula is C13H10O5. The minimum atomic E-state index is -0.435. The monoisotopic (exact) mass is 246 g/mol. The Balaban J connectivity index is 2.36. The standard InChI is InChI=1S/C13H10O5/c1-15-7-17-13-11-9(4-5-16-11)6-8-2-3-10(14)18-12(8)13/h2-6H,7H2,1H3. The van der Waals surface area contributed by atoms with Gasteiger partial charge in [-0.3, -0.25) is 0 Å². The van der Waals surface area contributed by atoms with Crippen molar-refractivity contribution in [3.8, 4) is 5.75 Å². The van der Waals surface area contributed by atoms with Gasteiger partial charge < -0.3 is 18.3 Å². The number of hydrogen-bond acceptors (Lipinski definition) is 5. The summed E-state index contributed by atoms with van der Waals surface area (Å²) >= 11 is 0. The molecule has 0 saturated heterocycles. The van der Waals surface area contributed by atoms with Gasteiger partial charge in [0.15, 0.2) is 18.0 Å².